The number of ether oxygens (including phenoxy) is 1. The van der Waals surface area contributed by atoms with Gasteiger partial charge >= 0.3 is 0 Å². The summed E-state index contributed by atoms with van der Waals surface area (Å²) in [5.74, 6) is 7.22. The first-order valence-corrected chi connectivity index (χ1v) is 24.5. The number of aromatic nitrogens is 3. The van der Waals surface area contributed by atoms with Crippen LogP contribution in [-0.2, 0) is 29.1 Å². The Kier molecular flexibility index (Phi) is 12.7. The normalized spacial score (nSPS) is 19.2. The first kappa shape index (κ1) is 44.9. The Hall–Kier alpha value is -7.53. The maximum Gasteiger partial charge on any atom is 0.255 e. The molecule has 5 aliphatic rings. The molecule has 13 heteroatoms. The number of nitrogens with zero attached hydrogens (tertiary/aromatic N) is 7. The van der Waals surface area contributed by atoms with Crippen molar-refractivity contribution in [1.82, 2.24) is 39.9 Å². The first-order valence-electron chi connectivity index (χ1n) is 24.5. The van der Waals surface area contributed by atoms with E-state index >= 15 is 0 Å². The molecule has 0 spiro atoms. The maximum atomic E-state index is 13.6. The number of carbonyl (C=O) groups excluding carboxylic acids is 4. The molecule has 3 saturated heterocycles. The van der Waals surface area contributed by atoms with Gasteiger partial charge in [0.05, 0.1) is 30.8 Å². The molecular weight excluding hydrogens is 877 g/mol. The van der Waals surface area contributed by atoms with Crippen LogP contribution in [0.5, 0.6) is 5.75 Å². The lowest BCUT2D eigenvalue weighted by Gasteiger charge is -2.41. The average molecular weight is 931 g/mol. The molecule has 352 valence electrons. The summed E-state index contributed by atoms with van der Waals surface area (Å²) in [5.41, 5.74) is 8.89. The summed E-state index contributed by atoms with van der Waals surface area (Å²) in [6.45, 7) is 6.12. The number of benzene rings is 4. The van der Waals surface area contributed by atoms with Gasteiger partial charge in [-0.1, -0.05) is 72.5 Å². The van der Waals surface area contributed by atoms with Crippen LogP contribution in [0.25, 0.3) is 34.4 Å². The number of imide groups is 1. The van der Waals surface area contributed by atoms with Crippen LogP contribution in [0.15, 0.2) is 109 Å². The molecule has 13 nitrogen and oxygen atoms in total. The van der Waals surface area contributed by atoms with Gasteiger partial charge in [0.15, 0.2) is 5.82 Å². The van der Waals surface area contributed by atoms with Crippen molar-refractivity contribution in [2.75, 3.05) is 39.3 Å². The molecule has 1 unspecified atom stereocenters. The minimum Gasteiger partial charge on any atom is -0.490 e. The summed E-state index contributed by atoms with van der Waals surface area (Å²) >= 11 is 0. The molecule has 2 aromatic heterocycles. The zero-order valence-electron chi connectivity index (χ0n) is 39.1. The monoisotopic (exact) mass is 930 g/mol. The largest absolute Gasteiger partial charge is 0.490 e. The number of piperidine rings is 3. The third-order valence-corrected chi connectivity index (χ3v) is 14.5. The van der Waals surface area contributed by atoms with Crippen molar-refractivity contribution in [2.24, 2.45) is 0 Å². The van der Waals surface area contributed by atoms with E-state index < -0.39 is 11.9 Å². The molecule has 3 fully saturated rings. The Bertz CT molecular complexity index is 3070. The number of hydrogen-bond donors (Lipinski definition) is 1. The number of carbonyl (C=O) groups is 4. The van der Waals surface area contributed by atoms with Crippen molar-refractivity contribution < 1.29 is 23.9 Å². The summed E-state index contributed by atoms with van der Waals surface area (Å²) in [7, 11) is 0. The molecule has 11 rings (SSSR count). The van der Waals surface area contributed by atoms with Crippen molar-refractivity contribution >= 4 is 46.7 Å². The van der Waals surface area contributed by atoms with Crippen molar-refractivity contribution in [2.45, 2.75) is 76.2 Å². The number of pyridine rings is 1. The predicted octanol–water partition coefficient (Wildman–Crippen LogP) is 7.18. The van der Waals surface area contributed by atoms with Crippen molar-refractivity contribution in [1.29, 1.82) is 0 Å². The quantitative estimate of drug-likeness (QED) is 0.0901. The van der Waals surface area contributed by atoms with Crippen LogP contribution < -0.4 is 10.1 Å². The van der Waals surface area contributed by atoms with E-state index in [0.29, 0.717) is 55.5 Å². The molecule has 1 atom stereocenters. The highest BCUT2D eigenvalue weighted by Gasteiger charge is 2.40. The minimum atomic E-state index is -0.640. The molecular formula is C57H54N8O5. The van der Waals surface area contributed by atoms with Gasteiger partial charge in [-0.3, -0.25) is 34.4 Å². The van der Waals surface area contributed by atoms with E-state index in [1.165, 1.54) is 0 Å². The summed E-state index contributed by atoms with van der Waals surface area (Å²) in [6.07, 6.45) is 13.3. The number of hydrogen-bond acceptors (Lipinski definition) is 10. The zero-order valence-corrected chi connectivity index (χ0v) is 39.1. The van der Waals surface area contributed by atoms with Crippen LogP contribution >= 0.6 is 0 Å². The molecule has 0 saturated carbocycles. The van der Waals surface area contributed by atoms with E-state index in [2.05, 4.69) is 79.4 Å². The highest BCUT2D eigenvalue weighted by molar-refractivity contribution is 6.05. The van der Waals surface area contributed by atoms with Crippen LogP contribution in [0.4, 0.5) is 0 Å². The van der Waals surface area contributed by atoms with Crippen LogP contribution in [-0.4, -0.2) is 116 Å². The molecule has 0 radical (unpaired) electrons. The molecule has 0 aliphatic carbocycles. The fraction of sp³-hybridized carbons (Fsp3) is 0.316. The summed E-state index contributed by atoms with van der Waals surface area (Å²) < 4.78 is 6.55. The number of amides is 4. The predicted molar refractivity (Wildman–Crippen MR) is 267 cm³/mol. The second-order valence-electron chi connectivity index (χ2n) is 19.0. The van der Waals surface area contributed by atoms with Gasteiger partial charge in [-0.25, -0.2) is 9.97 Å². The molecule has 0 bridgehead atoms. The Morgan fingerprint density at radius 2 is 1.54 bits per heavy atom. The van der Waals surface area contributed by atoms with Crippen molar-refractivity contribution in [3.8, 4) is 29.0 Å². The number of rotatable bonds is 9. The van der Waals surface area contributed by atoms with E-state index in [0.717, 1.165) is 114 Å². The summed E-state index contributed by atoms with van der Waals surface area (Å²) in [5, 5.41) is 3.41. The van der Waals surface area contributed by atoms with E-state index in [4.69, 9.17) is 9.72 Å². The number of likely N-dealkylation sites (tertiary alicyclic amines) is 2. The Labute approximate surface area is 407 Å². The van der Waals surface area contributed by atoms with Gasteiger partial charge in [-0.2, -0.15) is 0 Å². The molecule has 1 N–H and O–H groups in total. The van der Waals surface area contributed by atoms with Gasteiger partial charge in [0.1, 0.15) is 17.9 Å². The van der Waals surface area contributed by atoms with Gasteiger partial charge in [-0.05, 0) is 104 Å². The molecule has 70 heavy (non-hydrogen) atoms. The Balaban J connectivity index is 0.609. The van der Waals surface area contributed by atoms with Gasteiger partial charge in [0, 0.05) is 90.8 Å². The number of para-hydroxylation sites is 1. The first-order chi connectivity index (χ1) is 34.3. The third-order valence-electron chi connectivity index (χ3n) is 14.5. The minimum absolute atomic E-state index is 0.00681. The molecule has 6 aromatic rings. The van der Waals surface area contributed by atoms with Crippen LogP contribution in [0.2, 0.25) is 0 Å². The van der Waals surface area contributed by atoms with Gasteiger partial charge in [-0.15, -0.1) is 0 Å². The third kappa shape index (κ3) is 9.70. The fourth-order valence-corrected chi connectivity index (χ4v) is 10.5. The van der Waals surface area contributed by atoms with Crippen molar-refractivity contribution in [3.63, 3.8) is 0 Å². The molecule has 4 amide bonds. The molecule has 5 aliphatic heterocycles. The maximum absolute atomic E-state index is 13.6. The highest BCUT2D eigenvalue weighted by atomic mass is 16.5. The SMILES string of the molecule is O=C1CCC(N2Cc3c(OC4CCN(C5CCN(CC#Cc6ccc(/C=C/c7ccc(C(=O)N8CCc9cnc(-c%10cnc%11ccccc%11c%10)nc9C8)cc7)cc6)CC5)CC4)cccc3C2=O)C(=O)N1. The van der Waals surface area contributed by atoms with E-state index in [1.54, 1.807) is 11.0 Å². The van der Waals surface area contributed by atoms with E-state index in [-0.39, 0.29) is 30.2 Å². The van der Waals surface area contributed by atoms with E-state index in [9.17, 15) is 19.2 Å². The summed E-state index contributed by atoms with van der Waals surface area (Å²) in [4.78, 5) is 73.7. The number of fused-ring (bicyclic) bond motifs is 3. The van der Waals surface area contributed by atoms with Crippen molar-refractivity contribution in [3.05, 3.63) is 154 Å². The van der Waals surface area contributed by atoms with E-state index in [1.807, 2.05) is 78.0 Å². The number of nitrogens with one attached hydrogen (secondary N) is 1. The van der Waals surface area contributed by atoms with Crippen LogP contribution in [0.1, 0.15) is 92.8 Å². The Morgan fingerprint density at radius 3 is 2.33 bits per heavy atom. The fourth-order valence-electron chi connectivity index (χ4n) is 10.5. The second kappa shape index (κ2) is 19.8. The standard InChI is InChI=1S/C57H54N8O5/c66-53-21-20-51(55(67)61-53)65-36-48-47(57(65)69)7-3-9-52(48)70-46-25-31-63(32-26-46)45-23-28-62(29-24-45)27-4-5-38-10-12-39(13-11-38)14-15-40-16-18-41(19-17-40)56(68)64-30-22-43-34-59-54(60-50(43)37-64)44-33-42-6-1-2-8-49(42)58-35-44/h1-3,6-19,33-35,45-46,51H,20-32,36-37H2,(H,61,66,67)/b15-14+. The lowest BCUT2D eigenvalue weighted by Crippen LogP contribution is -2.52. The summed E-state index contributed by atoms with van der Waals surface area (Å²) in [6, 6.07) is 31.6. The lowest BCUT2D eigenvalue weighted by molar-refractivity contribution is -0.136. The topological polar surface area (TPSA) is 141 Å². The molecule has 4 aromatic carbocycles. The van der Waals surface area contributed by atoms with Crippen LogP contribution in [0, 0.1) is 11.8 Å². The van der Waals surface area contributed by atoms with Gasteiger partial charge in [0.2, 0.25) is 11.8 Å². The average Bonchev–Trinajstić information content (AvgIpc) is 3.74. The Morgan fingerprint density at radius 1 is 0.771 bits per heavy atom. The smallest absolute Gasteiger partial charge is 0.255 e. The van der Waals surface area contributed by atoms with Gasteiger partial charge in [0.25, 0.3) is 11.8 Å². The lowest BCUT2D eigenvalue weighted by atomic mass is 9.98. The van der Waals surface area contributed by atoms with Crippen LogP contribution in [0.3, 0.4) is 0 Å². The van der Waals surface area contributed by atoms with Gasteiger partial charge < -0.3 is 19.4 Å². The molecule has 7 heterocycles. The second-order valence-corrected chi connectivity index (χ2v) is 19.0. The zero-order chi connectivity index (χ0) is 47.6. The highest BCUT2D eigenvalue weighted by Crippen LogP contribution is 2.35.